The minimum Gasteiger partial charge on any atom is -0.481 e. The third kappa shape index (κ3) is 4.33. The van der Waals surface area contributed by atoms with Gasteiger partial charge in [-0.15, -0.1) is 0 Å². The number of hydrogen-bond acceptors (Lipinski definition) is 5. The molecular formula is C24H31N3O3S. The third-order valence-electron chi connectivity index (χ3n) is 6.09. The van der Waals surface area contributed by atoms with Gasteiger partial charge in [-0.1, -0.05) is 40.0 Å². The molecule has 0 bridgehead atoms. The lowest BCUT2D eigenvalue weighted by Crippen LogP contribution is -2.22. The van der Waals surface area contributed by atoms with E-state index in [4.69, 9.17) is 9.72 Å². The van der Waals surface area contributed by atoms with Crippen LogP contribution in [-0.2, 0) is 21.8 Å². The number of ether oxygens (including phenoxy) is 1. The lowest BCUT2D eigenvalue weighted by atomic mass is 9.88. The van der Waals surface area contributed by atoms with E-state index in [0.717, 1.165) is 23.4 Å². The highest BCUT2D eigenvalue weighted by Gasteiger charge is 2.27. The van der Waals surface area contributed by atoms with Gasteiger partial charge < -0.3 is 9.30 Å². The Hall–Kier alpha value is -2.41. The molecule has 0 N–H and O–H groups in total. The Labute approximate surface area is 184 Å². The Balaban J connectivity index is 1.76. The average Bonchev–Trinajstić information content (AvgIpc) is 3.13. The quantitative estimate of drug-likeness (QED) is 0.547. The Bertz CT molecular complexity index is 1170. The van der Waals surface area contributed by atoms with Gasteiger partial charge in [0.1, 0.15) is 5.82 Å². The van der Waals surface area contributed by atoms with E-state index in [1.807, 2.05) is 6.07 Å². The van der Waals surface area contributed by atoms with Crippen LogP contribution in [-0.4, -0.2) is 30.1 Å². The second-order valence-corrected chi connectivity index (χ2v) is 11.4. The smallest absolute Gasteiger partial charge is 0.212 e. The highest BCUT2D eigenvalue weighted by atomic mass is 32.2. The molecule has 0 saturated heterocycles. The molecule has 166 valence electrons. The monoisotopic (exact) mass is 441 g/mol. The van der Waals surface area contributed by atoms with E-state index < -0.39 is 9.84 Å². The maximum atomic E-state index is 13.2. The van der Waals surface area contributed by atoms with Crippen molar-refractivity contribution < 1.29 is 13.2 Å². The van der Waals surface area contributed by atoms with Crippen LogP contribution in [0.3, 0.4) is 0 Å². The zero-order valence-corrected chi connectivity index (χ0v) is 19.6. The fourth-order valence-electron chi connectivity index (χ4n) is 4.44. The first-order chi connectivity index (χ1) is 14.7. The van der Waals surface area contributed by atoms with Crippen molar-refractivity contribution in [2.75, 3.05) is 7.11 Å². The summed E-state index contributed by atoms with van der Waals surface area (Å²) in [5.74, 6) is 2.04. The van der Waals surface area contributed by atoms with Crippen molar-refractivity contribution in [1.29, 1.82) is 0 Å². The Morgan fingerprint density at radius 1 is 1.06 bits per heavy atom. The number of sulfone groups is 1. The molecule has 0 amide bonds. The minimum atomic E-state index is -3.69. The summed E-state index contributed by atoms with van der Waals surface area (Å²) in [6.07, 6.45) is 7.75. The first kappa shape index (κ1) is 21.8. The van der Waals surface area contributed by atoms with Gasteiger partial charge in [-0.05, 0) is 43.0 Å². The number of methoxy groups -OCH3 is 1. The van der Waals surface area contributed by atoms with Gasteiger partial charge in [0.05, 0.1) is 27.9 Å². The first-order valence-electron chi connectivity index (χ1n) is 11.0. The molecule has 0 aliphatic heterocycles. The summed E-state index contributed by atoms with van der Waals surface area (Å²) in [5, 5.41) is 0. The van der Waals surface area contributed by atoms with Crippen molar-refractivity contribution in [1.82, 2.24) is 14.5 Å². The largest absolute Gasteiger partial charge is 0.481 e. The molecule has 0 radical (unpaired) electrons. The number of imidazole rings is 1. The molecule has 0 atom stereocenters. The number of benzene rings is 1. The van der Waals surface area contributed by atoms with E-state index in [1.165, 1.54) is 51.5 Å². The zero-order chi connectivity index (χ0) is 22.2. The molecule has 3 aromatic rings. The SMILES string of the molecule is COc1ccc(S(=O)(=O)c2ccc3c(c2)nc(C(C)(C)C)n3CC2CCCCC2)cn1. The molecule has 2 aromatic heterocycles. The fraction of sp³-hybridized carbons (Fsp3) is 0.500. The highest BCUT2D eigenvalue weighted by molar-refractivity contribution is 7.91. The van der Waals surface area contributed by atoms with Gasteiger partial charge in [0, 0.05) is 24.2 Å². The lowest BCUT2D eigenvalue weighted by molar-refractivity contribution is 0.313. The van der Waals surface area contributed by atoms with Crippen LogP contribution in [0.25, 0.3) is 11.0 Å². The summed E-state index contributed by atoms with van der Waals surface area (Å²) in [6.45, 7) is 7.42. The maximum absolute atomic E-state index is 13.2. The van der Waals surface area contributed by atoms with Crippen LogP contribution < -0.4 is 4.74 Å². The second kappa shape index (κ2) is 8.26. The summed E-state index contributed by atoms with van der Waals surface area (Å²) in [7, 11) is -2.19. The Kier molecular flexibility index (Phi) is 5.81. The molecule has 1 saturated carbocycles. The standard InChI is InChI=1S/C24H31N3O3S/c1-24(2,3)23-26-20-14-18(31(28,29)19-11-13-22(30-4)25-15-19)10-12-21(20)27(23)16-17-8-6-5-7-9-17/h10-15,17H,5-9,16H2,1-4H3. The third-order valence-corrected chi connectivity index (χ3v) is 7.83. The number of fused-ring (bicyclic) bond motifs is 1. The zero-order valence-electron chi connectivity index (χ0n) is 18.8. The summed E-state index contributed by atoms with van der Waals surface area (Å²) in [4.78, 5) is 9.33. The summed E-state index contributed by atoms with van der Waals surface area (Å²) in [5.41, 5.74) is 1.60. The molecule has 1 aliphatic carbocycles. The van der Waals surface area contributed by atoms with Crippen molar-refractivity contribution in [2.24, 2.45) is 5.92 Å². The Morgan fingerprint density at radius 2 is 1.77 bits per heavy atom. The predicted octanol–water partition coefficient (Wildman–Crippen LogP) is 5.15. The van der Waals surface area contributed by atoms with Gasteiger partial charge in [-0.2, -0.15) is 0 Å². The summed E-state index contributed by atoms with van der Waals surface area (Å²) in [6, 6.07) is 8.37. The minimum absolute atomic E-state index is 0.132. The topological polar surface area (TPSA) is 74.1 Å². The molecule has 1 aliphatic rings. The van der Waals surface area contributed by atoms with E-state index in [2.05, 4.69) is 30.3 Å². The van der Waals surface area contributed by atoms with Crippen LogP contribution in [0, 0.1) is 5.92 Å². The Morgan fingerprint density at radius 3 is 2.39 bits per heavy atom. The number of hydrogen-bond donors (Lipinski definition) is 0. The molecule has 7 heteroatoms. The molecule has 0 unspecified atom stereocenters. The van der Waals surface area contributed by atoms with E-state index in [9.17, 15) is 8.42 Å². The first-order valence-corrected chi connectivity index (χ1v) is 12.4. The summed E-state index contributed by atoms with van der Waals surface area (Å²) >= 11 is 0. The average molecular weight is 442 g/mol. The van der Waals surface area contributed by atoms with Crippen LogP contribution in [0.2, 0.25) is 0 Å². The molecule has 4 rings (SSSR count). The van der Waals surface area contributed by atoms with Gasteiger partial charge in [0.2, 0.25) is 15.7 Å². The van der Waals surface area contributed by atoms with Gasteiger partial charge in [-0.3, -0.25) is 0 Å². The molecule has 6 nitrogen and oxygen atoms in total. The molecule has 31 heavy (non-hydrogen) atoms. The van der Waals surface area contributed by atoms with E-state index in [0.29, 0.717) is 11.8 Å². The van der Waals surface area contributed by atoms with E-state index >= 15 is 0 Å². The van der Waals surface area contributed by atoms with Crippen molar-refractivity contribution >= 4 is 20.9 Å². The van der Waals surface area contributed by atoms with Crippen LogP contribution in [0.4, 0.5) is 0 Å². The van der Waals surface area contributed by atoms with E-state index in [1.54, 1.807) is 18.2 Å². The van der Waals surface area contributed by atoms with Gasteiger partial charge in [0.15, 0.2) is 0 Å². The van der Waals surface area contributed by atoms with E-state index in [-0.39, 0.29) is 15.2 Å². The number of rotatable bonds is 5. The molecule has 2 heterocycles. The van der Waals surface area contributed by atoms with Crippen molar-refractivity contribution in [2.45, 2.75) is 74.6 Å². The number of pyridine rings is 1. The maximum Gasteiger partial charge on any atom is 0.212 e. The summed E-state index contributed by atoms with van der Waals surface area (Å²) < 4.78 is 33.7. The number of aromatic nitrogens is 3. The van der Waals surface area contributed by atoms with Crippen molar-refractivity contribution in [3.63, 3.8) is 0 Å². The second-order valence-electron chi connectivity index (χ2n) is 9.49. The van der Waals surface area contributed by atoms with Crippen LogP contribution in [0.15, 0.2) is 46.3 Å². The normalized spacial score (nSPS) is 16.0. The van der Waals surface area contributed by atoms with Gasteiger partial charge in [-0.25, -0.2) is 18.4 Å². The number of nitrogens with zero attached hydrogens (tertiary/aromatic N) is 3. The van der Waals surface area contributed by atoms with Crippen LogP contribution >= 0.6 is 0 Å². The lowest BCUT2D eigenvalue weighted by Gasteiger charge is -2.26. The van der Waals surface area contributed by atoms with Crippen molar-refractivity contribution in [3.05, 3.63) is 42.4 Å². The molecular weight excluding hydrogens is 410 g/mol. The van der Waals surface area contributed by atoms with Crippen LogP contribution in [0.5, 0.6) is 5.88 Å². The molecule has 0 spiro atoms. The molecule has 1 aromatic carbocycles. The van der Waals surface area contributed by atoms with Crippen molar-refractivity contribution in [3.8, 4) is 5.88 Å². The van der Waals surface area contributed by atoms with Crippen LogP contribution in [0.1, 0.15) is 58.7 Å². The fourth-order valence-corrected chi connectivity index (χ4v) is 5.67. The highest BCUT2D eigenvalue weighted by Crippen LogP contribution is 2.33. The van der Waals surface area contributed by atoms with Gasteiger partial charge >= 0.3 is 0 Å². The molecule has 1 fully saturated rings. The predicted molar refractivity (Wildman–Crippen MR) is 121 cm³/mol. The van der Waals surface area contributed by atoms with Gasteiger partial charge in [0.25, 0.3) is 0 Å².